The molecule has 19 heavy (non-hydrogen) atoms. The number of nitrogens with zero attached hydrogens (tertiary/aromatic N) is 2. The smallest absolute Gasteiger partial charge is 0.236 e. The molecule has 0 aromatic carbocycles. The molecule has 0 saturated carbocycles. The van der Waals surface area contributed by atoms with Gasteiger partial charge in [0.25, 0.3) is 0 Å². The SMILES string of the molecule is C[C@@H]1CNCCN1CC(=O)N1CCCC(C(N)=O)C1. The highest BCUT2D eigenvalue weighted by atomic mass is 16.2. The van der Waals surface area contributed by atoms with E-state index in [0.29, 0.717) is 19.1 Å². The van der Waals surface area contributed by atoms with Crippen LogP contribution in [0.25, 0.3) is 0 Å². The van der Waals surface area contributed by atoms with Crippen molar-refractivity contribution in [1.82, 2.24) is 15.1 Å². The third-order valence-electron chi connectivity index (χ3n) is 4.15. The van der Waals surface area contributed by atoms with Gasteiger partial charge in [0.2, 0.25) is 11.8 Å². The van der Waals surface area contributed by atoms with E-state index < -0.39 is 0 Å². The van der Waals surface area contributed by atoms with Crippen LogP contribution in [0, 0.1) is 5.92 Å². The Morgan fingerprint density at radius 2 is 2.16 bits per heavy atom. The lowest BCUT2D eigenvalue weighted by Crippen LogP contribution is -2.54. The van der Waals surface area contributed by atoms with Crippen LogP contribution in [0.3, 0.4) is 0 Å². The summed E-state index contributed by atoms with van der Waals surface area (Å²) in [5.74, 6) is -0.328. The first-order chi connectivity index (χ1) is 9.08. The monoisotopic (exact) mass is 268 g/mol. The Labute approximate surface area is 114 Å². The molecule has 0 bridgehead atoms. The Balaban J connectivity index is 1.86. The number of likely N-dealkylation sites (tertiary alicyclic amines) is 1. The van der Waals surface area contributed by atoms with Crippen molar-refractivity contribution in [2.24, 2.45) is 11.7 Å². The Kier molecular flexibility index (Phi) is 4.76. The molecule has 2 fully saturated rings. The summed E-state index contributed by atoms with van der Waals surface area (Å²) < 4.78 is 0. The molecule has 2 atom stereocenters. The molecule has 108 valence electrons. The van der Waals surface area contributed by atoms with Gasteiger partial charge in [-0.1, -0.05) is 0 Å². The van der Waals surface area contributed by atoms with Crippen molar-refractivity contribution in [2.75, 3.05) is 39.3 Å². The van der Waals surface area contributed by atoms with Crippen LogP contribution >= 0.6 is 0 Å². The third-order valence-corrected chi connectivity index (χ3v) is 4.15. The predicted octanol–water partition coefficient (Wildman–Crippen LogP) is -0.996. The second kappa shape index (κ2) is 6.34. The van der Waals surface area contributed by atoms with Gasteiger partial charge < -0.3 is 16.0 Å². The minimum absolute atomic E-state index is 0.125. The van der Waals surface area contributed by atoms with Crippen molar-refractivity contribution in [3.8, 4) is 0 Å². The molecular formula is C13H24N4O2. The number of nitrogens with one attached hydrogen (secondary N) is 1. The molecule has 2 rings (SSSR count). The molecule has 0 aromatic heterocycles. The van der Waals surface area contributed by atoms with Crippen molar-refractivity contribution in [3.05, 3.63) is 0 Å². The molecule has 2 aliphatic heterocycles. The van der Waals surface area contributed by atoms with Gasteiger partial charge in [0, 0.05) is 38.8 Å². The van der Waals surface area contributed by atoms with E-state index in [9.17, 15) is 9.59 Å². The summed E-state index contributed by atoms with van der Waals surface area (Å²) in [4.78, 5) is 27.5. The van der Waals surface area contributed by atoms with Gasteiger partial charge in [0.05, 0.1) is 12.5 Å². The predicted molar refractivity (Wildman–Crippen MR) is 72.4 cm³/mol. The molecule has 1 unspecified atom stereocenters. The van der Waals surface area contributed by atoms with Crippen LogP contribution in [-0.4, -0.2) is 66.9 Å². The van der Waals surface area contributed by atoms with E-state index >= 15 is 0 Å². The van der Waals surface area contributed by atoms with E-state index in [4.69, 9.17) is 5.73 Å². The Morgan fingerprint density at radius 1 is 1.37 bits per heavy atom. The molecule has 0 radical (unpaired) electrons. The molecule has 0 aromatic rings. The minimum atomic E-state index is -0.284. The van der Waals surface area contributed by atoms with E-state index in [-0.39, 0.29) is 17.7 Å². The maximum Gasteiger partial charge on any atom is 0.236 e. The number of carbonyl (C=O) groups excluding carboxylic acids is 2. The maximum absolute atomic E-state index is 12.3. The number of hydrogen-bond donors (Lipinski definition) is 2. The highest BCUT2D eigenvalue weighted by molar-refractivity contribution is 5.81. The largest absolute Gasteiger partial charge is 0.369 e. The van der Waals surface area contributed by atoms with Crippen molar-refractivity contribution in [2.45, 2.75) is 25.8 Å². The summed E-state index contributed by atoms with van der Waals surface area (Å²) in [5.41, 5.74) is 5.34. The summed E-state index contributed by atoms with van der Waals surface area (Å²) in [6.45, 7) is 6.59. The first kappa shape index (κ1) is 14.3. The average Bonchev–Trinajstić information content (AvgIpc) is 2.41. The Bertz CT molecular complexity index is 348. The van der Waals surface area contributed by atoms with Crippen LogP contribution in [0.5, 0.6) is 0 Å². The summed E-state index contributed by atoms with van der Waals surface area (Å²) in [6, 6.07) is 0.384. The molecule has 2 amide bonds. The van der Waals surface area contributed by atoms with Gasteiger partial charge in [-0.15, -0.1) is 0 Å². The Hall–Kier alpha value is -1.14. The van der Waals surface area contributed by atoms with Crippen molar-refractivity contribution >= 4 is 11.8 Å². The van der Waals surface area contributed by atoms with Crippen molar-refractivity contribution in [1.29, 1.82) is 0 Å². The highest BCUT2D eigenvalue weighted by Gasteiger charge is 2.29. The molecule has 0 spiro atoms. The molecule has 2 saturated heterocycles. The topological polar surface area (TPSA) is 78.7 Å². The quantitative estimate of drug-likeness (QED) is 0.688. The summed E-state index contributed by atoms with van der Waals surface area (Å²) in [7, 11) is 0. The third kappa shape index (κ3) is 3.67. The average molecular weight is 268 g/mol. The summed E-state index contributed by atoms with van der Waals surface area (Å²) in [5, 5.41) is 3.31. The lowest BCUT2D eigenvalue weighted by Gasteiger charge is -2.37. The van der Waals surface area contributed by atoms with Gasteiger partial charge in [0.15, 0.2) is 0 Å². The van der Waals surface area contributed by atoms with E-state index in [1.54, 1.807) is 4.90 Å². The fraction of sp³-hybridized carbons (Fsp3) is 0.846. The van der Waals surface area contributed by atoms with Crippen LogP contribution in [0.4, 0.5) is 0 Å². The van der Waals surface area contributed by atoms with Crippen LogP contribution in [0.2, 0.25) is 0 Å². The molecular weight excluding hydrogens is 244 g/mol. The maximum atomic E-state index is 12.3. The number of primary amides is 1. The zero-order chi connectivity index (χ0) is 13.8. The number of piperazine rings is 1. The van der Waals surface area contributed by atoms with Gasteiger partial charge in [-0.3, -0.25) is 14.5 Å². The second-order valence-corrected chi connectivity index (χ2v) is 5.60. The fourth-order valence-electron chi connectivity index (χ4n) is 2.83. The molecule has 0 aliphatic carbocycles. The molecule has 2 aliphatic rings. The van der Waals surface area contributed by atoms with E-state index in [0.717, 1.165) is 39.0 Å². The molecule has 6 heteroatoms. The van der Waals surface area contributed by atoms with Crippen LogP contribution in [0.15, 0.2) is 0 Å². The van der Waals surface area contributed by atoms with E-state index in [2.05, 4.69) is 17.1 Å². The molecule has 3 N–H and O–H groups in total. The normalized spacial score (nSPS) is 29.2. The van der Waals surface area contributed by atoms with Crippen LogP contribution in [0.1, 0.15) is 19.8 Å². The fourth-order valence-corrected chi connectivity index (χ4v) is 2.83. The van der Waals surface area contributed by atoms with E-state index in [1.165, 1.54) is 0 Å². The first-order valence-electron chi connectivity index (χ1n) is 7.10. The van der Waals surface area contributed by atoms with Crippen molar-refractivity contribution < 1.29 is 9.59 Å². The van der Waals surface area contributed by atoms with Crippen molar-refractivity contribution in [3.63, 3.8) is 0 Å². The highest BCUT2D eigenvalue weighted by Crippen LogP contribution is 2.16. The molecule has 2 heterocycles. The van der Waals surface area contributed by atoms with Crippen LogP contribution in [-0.2, 0) is 9.59 Å². The lowest BCUT2D eigenvalue weighted by atomic mass is 9.97. The number of amides is 2. The standard InChI is InChI=1S/C13H24N4O2/c1-10-7-15-4-6-16(10)9-12(18)17-5-2-3-11(8-17)13(14)19/h10-11,15H,2-9H2,1H3,(H2,14,19)/t10-,11?/m1/s1. The summed E-state index contributed by atoms with van der Waals surface area (Å²) >= 11 is 0. The lowest BCUT2D eigenvalue weighted by molar-refractivity contribution is -0.136. The van der Waals surface area contributed by atoms with E-state index in [1.807, 2.05) is 0 Å². The van der Waals surface area contributed by atoms with Gasteiger partial charge in [-0.2, -0.15) is 0 Å². The van der Waals surface area contributed by atoms with Gasteiger partial charge in [-0.05, 0) is 19.8 Å². The molecule has 6 nitrogen and oxygen atoms in total. The van der Waals surface area contributed by atoms with Crippen LogP contribution < -0.4 is 11.1 Å². The number of nitrogens with two attached hydrogens (primary N) is 1. The second-order valence-electron chi connectivity index (χ2n) is 5.60. The zero-order valence-corrected chi connectivity index (χ0v) is 11.6. The summed E-state index contributed by atoms with van der Waals surface area (Å²) in [6.07, 6.45) is 1.68. The zero-order valence-electron chi connectivity index (χ0n) is 11.6. The van der Waals surface area contributed by atoms with Gasteiger partial charge >= 0.3 is 0 Å². The number of carbonyl (C=O) groups is 2. The number of rotatable bonds is 3. The number of piperidine rings is 1. The first-order valence-corrected chi connectivity index (χ1v) is 7.10. The Morgan fingerprint density at radius 3 is 2.84 bits per heavy atom. The number of hydrogen-bond acceptors (Lipinski definition) is 4. The minimum Gasteiger partial charge on any atom is -0.369 e. The van der Waals surface area contributed by atoms with Gasteiger partial charge in [-0.25, -0.2) is 0 Å². The van der Waals surface area contributed by atoms with Gasteiger partial charge in [0.1, 0.15) is 0 Å².